The maximum absolute atomic E-state index is 12.2. The van der Waals surface area contributed by atoms with E-state index in [1.165, 1.54) is 13.1 Å². The highest BCUT2D eigenvalue weighted by molar-refractivity contribution is 5.95. The molecule has 0 aliphatic heterocycles. The van der Waals surface area contributed by atoms with Crippen molar-refractivity contribution in [1.82, 2.24) is 9.38 Å². The van der Waals surface area contributed by atoms with Crippen molar-refractivity contribution in [2.75, 3.05) is 5.32 Å². The van der Waals surface area contributed by atoms with Gasteiger partial charge in [-0.1, -0.05) is 0 Å². The molecule has 5 nitrogen and oxygen atoms in total. The molecule has 0 atom stereocenters. The van der Waals surface area contributed by atoms with Crippen LogP contribution in [-0.4, -0.2) is 21.5 Å². The number of aryl methyl sites for hydroxylation is 2. The lowest BCUT2D eigenvalue weighted by Gasteiger charge is -2.11. The molecule has 0 radical (unpaired) electrons. The lowest BCUT2D eigenvalue weighted by molar-refractivity contribution is -0.167. The predicted molar refractivity (Wildman–Crippen MR) is 65.6 cm³/mol. The number of amides is 1. The van der Waals surface area contributed by atoms with Crippen LogP contribution in [0.15, 0.2) is 23.1 Å². The molecule has 0 fully saturated rings. The Morgan fingerprint density at radius 1 is 1.35 bits per heavy atom. The lowest BCUT2D eigenvalue weighted by Crippen LogP contribution is -2.33. The minimum absolute atomic E-state index is 0.0261. The van der Waals surface area contributed by atoms with E-state index in [0.717, 1.165) is 9.96 Å². The molecule has 0 aliphatic carbocycles. The van der Waals surface area contributed by atoms with Gasteiger partial charge in [-0.05, 0) is 31.5 Å². The van der Waals surface area contributed by atoms with Gasteiger partial charge < -0.3 is 5.32 Å². The molecule has 0 aromatic carbocycles. The van der Waals surface area contributed by atoms with Crippen molar-refractivity contribution in [3.63, 3.8) is 0 Å². The zero-order valence-electron chi connectivity index (χ0n) is 10.6. The largest absolute Gasteiger partial charge is 0.471 e. The minimum Gasteiger partial charge on any atom is -0.312 e. The molecule has 1 amide bonds. The number of hydrogen-bond donors (Lipinski definition) is 1. The number of pyridine rings is 1. The molecule has 0 bridgehead atoms. The van der Waals surface area contributed by atoms with Crippen LogP contribution < -0.4 is 10.9 Å². The second-order valence-corrected chi connectivity index (χ2v) is 4.26. The summed E-state index contributed by atoms with van der Waals surface area (Å²) >= 11 is 0. The van der Waals surface area contributed by atoms with Crippen molar-refractivity contribution in [3.8, 4) is 0 Å². The van der Waals surface area contributed by atoms with Crippen LogP contribution in [0.3, 0.4) is 0 Å². The average molecular weight is 285 g/mol. The van der Waals surface area contributed by atoms with Gasteiger partial charge in [-0.25, -0.2) is 4.98 Å². The first-order valence-corrected chi connectivity index (χ1v) is 5.58. The third-order valence-corrected chi connectivity index (χ3v) is 2.66. The van der Waals surface area contributed by atoms with Crippen LogP contribution in [0.4, 0.5) is 18.9 Å². The average Bonchev–Trinajstić information content (AvgIpc) is 2.32. The van der Waals surface area contributed by atoms with Gasteiger partial charge in [0.25, 0.3) is 5.56 Å². The first-order chi connectivity index (χ1) is 9.20. The maximum Gasteiger partial charge on any atom is 0.471 e. The van der Waals surface area contributed by atoms with Gasteiger partial charge in [0.15, 0.2) is 0 Å². The summed E-state index contributed by atoms with van der Waals surface area (Å²) < 4.78 is 37.7. The van der Waals surface area contributed by atoms with Gasteiger partial charge in [-0.2, -0.15) is 13.2 Å². The third kappa shape index (κ3) is 2.49. The summed E-state index contributed by atoms with van der Waals surface area (Å²) in [5.74, 6) is -2.20. The van der Waals surface area contributed by atoms with Crippen LogP contribution in [0.2, 0.25) is 0 Å². The Kier molecular flexibility index (Phi) is 3.24. The molecule has 2 rings (SSSR count). The third-order valence-electron chi connectivity index (χ3n) is 2.66. The second-order valence-electron chi connectivity index (χ2n) is 4.26. The number of anilines is 1. The molecule has 2 heterocycles. The number of carbonyl (C=O) groups is 1. The van der Waals surface area contributed by atoms with Gasteiger partial charge >= 0.3 is 12.1 Å². The molecular weight excluding hydrogens is 275 g/mol. The molecule has 2 aromatic heterocycles. The molecular formula is C12H10F3N3O2. The first-order valence-electron chi connectivity index (χ1n) is 5.58. The van der Waals surface area contributed by atoms with Crippen LogP contribution in [-0.2, 0) is 4.79 Å². The summed E-state index contributed by atoms with van der Waals surface area (Å²) in [6.07, 6.45) is -3.67. The SMILES string of the molecule is Cc1ccn2c(=O)c(NC(=O)C(F)(F)F)c(C)nc2c1. The molecule has 0 saturated heterocycles. The molecule has 0 spiro atoms. The Labute approximate surface area is 111 Å². The molecule has 106 valence electrons. The van der Waals surface area contributed by atoms with Crippen LogP contribution in [0.1, 0.15) is 11.3 Å². The molecule has 20 heavy (non-hydrogen) atoms. The Bertz CT molecular complexity index is 750. The standard InChI is InChI=1S/C12H10F3N3O2/c1-6-3-4-18-8(5-6)16-7(2)9(10(18)19)17-11(20)12(13,14)15/h3-5H,1-2H3,(H,17,20). The highest BCUT2D eigenvalue weighted by Gasteiger charge is 2.39. The molecule has 0 unspecified atom stereocenters. The van der Waals surface area contributed by atoms with Crippen molar-refractivity contribution in [3.05, 3.63) is 39.9 Å². The summed E-state index contributed by atoms with van der Waals surface area (Å²) in [6, 6.07) is 3.23. The van der Waals surface area contributed by atoms with E-state index >= 15 is 0 Å². The zero-order chi connectivity index (χ0) is 15.1. The van der Waals surface area contributed by atoms with Gasteiger partial charge in [0.1, 0.15) is 11.3 Å². The van der Waals surface area contributed by atoms with Crippen LogP contribution in [0, 0.1) is 13.8 Å². The van der Waals surface area contributed by atoms with Gasteiger partial charge in [0.05, 0.1) is 5.69 Å². The smallest absolute Gasteiger partial charge is 0.312 e. The van der Waals surface area contributed by atoms with Crippen molar-refractivity contribution >= 4 is 17.2 Å². The van der Waals surface area contributed by atoms with Crippen molar-refractivity contribution in [2.24, 2.45) is 0 Å². The Morgan fingerprint density at radius 3 is 2.60 bits per heavy atom. The Balaban J connectivity index is 2.58. The molecule has 8 heteroatoms. The van der Waals surface area contributed by atoms with Gasteiger partial charge in [0, 0.05) is 6.20 Å². The number of hydrogen-bond acceptors (Lipinski definition) is 3. The van der Waals surface area contributed by atoms with E-state index < -0.39 is 23.3 Å². The Hall–Kier alpha value is -2.38. The number of halogens is 3. The van der Waals surface area contributed by atoms with Crippen molar-refractivity contribution < 1.29 is 18.0 Å². The molecule has 0 aliphatic rings. The summed E-state index contributed by atoms with van der Waals surface area (Å²) in [7, 11) is 0. The normalized spacial score (nSPS) is 11.7. The highest BCUT2D eigenvalue weighted by Crippen LogP contribution is 2.18. The van der Waals surface area contributed by atoms with Gasteiger partial charge in [0.2, 0.25) is 0 Å². The van der Waals surface area contributed by atoms with Gasteiger partial charge in [-0.15, -0.1) is 0 Å². The molecule has 2 aromatic rings. The lowest BCUT2D eigenvalue weighted by atomic mass is 10.3. The number of nitrogens with zero attached hydrogens (tertiary/aromatic N) is 2. The predicted octanol–water partition coefficient (Wildman–Crippen LogP) is 1.81. The van der Waals surface area contributed by atoms with E-state index in [-0.39, 0.29) is 5.69 Å². The van der Waals surface area contributed by atoms with E-state index in [1.54, 1.807) is 24.4 Å². The fraction of sp³-hybridized carbons (Fsp3) is 0.250. The highest BCUT2D eigenvalue weighted by atomic mass is 19.4. The fourth-order valence-corrected chi connectivity index (χ4v) is 1.68. The second kappa shape index (κ2) is 4.62. The zero-order valence-corrected chi connectivity index (χ0v) is 10.6. The van der Waals surface area contributed by atoms with E-state index in [1.807, 2.05) is 0 Å². The van der Waals surface area contributed by atoms with E-state index in [0.29, 0.717) is 5.65 Å². The number of carbonyl (C=O) groups excluding carboxylic acids is 1. The minimum atomic E-state index is -5.06. The summed E-state index contributed by atoms with van der Waals surface area (Å²) in [5.41, 5.74) is -0.0575. The quantitative estimate of drug-likeness (QED) is 0.869. The number of aromatic nitrogens is 2. The van der Waals surface area contributed by atoms with Crippen molar-refractivity contribution in [1.29, 1.82) is 0 Å². The van der Waals surface area contributed by atoms with Crippen LogP contribution in [0.25, 0.3) is 5.65 Å². The van der Waals surface area contributed by atoms with Crippen molar-refractivity contribution in [2.45, 2.75) is 20.0 Å². The van der Waals surface area contributed by atoms with E-state index in [2.05, 4.69) is 4.98 Å². The summed E-state index contributed by atoms with van der Waals surface area (Å²) in [5, 5.41) is 1.57. The number of rotatable bonds is 1. The molecule has 0 saturated carbocycles. The maximum atomic E-state index is 12.2. The number of fused-ring (bicyclic) bond motifs is 1. The summed E-state index contributed by atoms with van der Waals surface area (Å²) in [4.78, 5) is 27.0. The number of nitrogens with one attached hydrogen (secondary N) is 1. The van der Waals surface area contributed by atoms with Gasteiger partial charge in [-0.3, -0.25) is 14.0 Å². The number of alkyl halides is 3. The molecule has 1 N–H and O–H groups in total. The monoisotopic (exact) mass is 285 g/mol. The summed E-state index contributed by atoms with van der Waals surface area (Å²) in [6.45, 7) is 3.15. The Morgan fingerprint density at radius 2 is 2.00 bits per heavy atom. The topological polar surface area (TPSA) is 63.5 Å². The van der Waals surface area contributed by atoms with Crippen LogP contribution in [0.5, 0.6) is 0 Å². The van der Waals surface area contributed by atoms with E-state index in [9.17, 15) is 22.8 Å². The first kappa shape index (κ1) is 14.0. The van der Waals surface area contributed by atoms with Crippen LogP contribution >= 0.6 is 0 Å². The van der Waals surface area contributed by atoms with E-state index in [4.69, 9.17) is 0 Å². The fourth-order valence-electron chi connectivity index (χ4n) is 1.68.